The minimum atomic E-state index is -3.64. The van der Waals surface area contributed by atoms with Crippen molar-refractivity contribution in [2.75, 3.05) is 4.72 Å². The molecule has 0 unspecified atom stereocenters. The van der Waals surface area contributed by atoms with Crippen molar-refractivity contribution < 1.29 is 13.2 Å². The van der Waals surface area contributed by atoms with Gasteiger partial charge in [-0.05, 0) is 79.2 Å². The third-order valence-electron chi connectivity index (χ3n) is 4.17. The predicted molar refractivity (Wildman–Crippen MR) is 123 cm³/mol. The average molecular weight is 520 g/mol. The maximum Gasteiger partial charge on any atom is 0.271 e. The SMILES string of the molecule is Cc1cc(C)n(-c2cc(Oc3ccc(NS(=O)(=O)c4ccc(Br)s4)cc3)nc(C)n2)n1. The monoisotopic (exact) mass is 519 g/mol. The van der Waals surface area contributed by atoms with E-state index >= 15 is 0 Å². The highest BCUT2D eigenvalue weighted by Gasteiger charge is 2.17. The van der Waals surface area contributed by atoms with Crippen molar-refractivity contribution in [3.63, 3.8) is 0 Å². The topological polar surface area (TPSA) is 99.0 Å². The first-order chi connectivity index (χ1) is 14.7. The lowest BCUT2D eigenvalue weighted by atomic mass is 10.3. The molecule has 8 nitrogen and oxygen atoms in total. The van der Waals surface area contributed by atoms with Crippen LogP contribution in [0.4, 0.5) is 5.69 Å². The highest BCUT2D eigenvalue weighted by atomic mass is 79.9. The summed E-state index contributed by atoms with van der Waals surface area (Å²) >= 11 is 4.42. The molecule has 0 aliphatic rings. The van der Waals surface area contributed by atoms with Crippen molar-refractivity contribution >= 4 is 43.0 Å². The van der Waals surface area contributed by atoms with Gasteiger partial charge in [0.1, 0.15) is 15.8 Å². The van der Waals surface area contributed by atoms with Gasteiger partial charge in [0.05, 0.1) is 9.48 Å². The number of aryl methyl sites for hydroxylation is 3. The number of rotatable bonds is 6. The summed E-state index contributed by atoms with van der Waals surface area (Å²) in [7, 11) is -3.64. The Labute approximate surface area is 192 Å². The van der Waals surface area contributed by atoms with E-state index < -0.39 is 10.0 Å². The Morgan fingerprint density at radius 2 is 1.77 bits per heavy atom. The van der Waals surface area contributed by atoms with E-state index in [4.69, 9.17) is 4.74 Å². The zero-order chi connectivity index (χ0) is 22.2. The fourth-order valence-corrected chi connectivity index (χ4v) is 5.97. The van der Waals surface area contributed by atoms with Gasteiger partial charge in [0.15, 0.2) is 5.82 Å². The average Bonchev–Trinajstić information content (AvgIpc) is 3.28. The second kappa shape index (κ2) is 8.40. The number of nitrogens with one attached hydrogen (secondary N) is 1. The molecule has 0 saturated heterocycles. The third-order valence-corrected chi connectivity index (χ3v) is 7.67. The molecular weight excluding hydrogens is 502 g/mol. The first kappa shape index (κ1) is 21.5. The number of thiophene rings is 1. The van der Waals surface area contributed by atoms with E-state index in [2.05, 4.69) is 35.7 Å². The number of hydrogen-bond acceptors (Lipinski definition) is 7. The van der Waals surface area contributed by atoms with Crippen LogP contribution in [0.3, 0.4) is 0 Å². The lowest BCUT2D eigenvalue weighted by molar-refractivity contribution is 0.459. The van der Waals surface area contributed by atoms with Crippen LogP contribution < -0.4 is 9.46 Å². The van der Waals surface area contributed by atoms with Crippen LogP contribution in [-0.2, 0) is 10.0 Å². The number of ether oxygens (including phenoxy) is 1. The van der Waals surface area contributed by atoms with Gasteiger partial charge in [-0.1, -0.05) is 0 Å². The normalized spacial score (nSPS) is 11.5. The van der Waals surface area contributed by atoms with E-state index in [1.807, 2.05) is 19.9 Å². The molecule has 160 valence electrons. The molecule has 0 bridgehead atoms. The molecule has 0 saturated carbocycles. The van der Waals surface area contributed by atoms with Crippen molar-refractivity contribution in [3.05, 3.63) is 69.5 Å². The van der Waals surface area contributed by atoms with Crippen molar-refractivity contribution in [2.24, 2.45) is 0 Å². The van der Waals surface area contributed by atoms with Crippen LogP contribution in [0, 0.1) is 20.8 Å². The van der Waals surface area contributed by atoms with E-state index in [0.29, 0.717) is 29.0 Å². The fourth-order valence-electron chi connectivity index (χ4n) is 2.91. The highest BCUT2D eigenvalue weighted by Crippen LogP contribution is 2.29. The molecule has 11 heteroatoms. The molecule has 0 atom stereocenters. The van der Waals surface area contributed by atoms with Gasteiger partial charge in [-0.25, -0.2) is 18.1 Å². The van der Waals surface area contributed by atoms with Crippen molar-refractivity contribution in [2.45, 2.75) is 25.0 Å². The molecule has 1 N–H and O–H groups in total. The molecule has 31 heavy (non-hydrogen) atoms. The van der Waals surface area contributed by atoms with Gasteiger partial charge in [-0.3, -0.25) is 4.72 Å². The molecule has 4 aromatic rings. The number of halogens is 1. The minimum Gasteiger partial charge on any atom is -0.439 e. The Morgan fingerprint density at radius 3 is 2.39 bits per heavy atom. The zero-order valence-electron chi connectivity index (χ0n) is 16.8. The van der Waals surface area contributed by atoms with Gasteiger partial charge in [0.2, 0.25) is 5.88 Å². The number of aromatic nitrogens is 4. The van der Waals surface area contributed by atoms with Crippen LogP contribution in [-0.4, -0.2) is 28.2 Å². The van der Waals surface area contributed by atoms with Crippen LogP contribution in [0.5, 0.6) is 11.6 Å². The fraction of sp³-hybridized carbons (Fsp3) is 0.150. The van der Waals surface area contributed by atoms with E-state index in [9.17, 15) is 8.42 Å². The Hall–Kier alpha value is -2.76. The standard InChI is InChI=1S/C20H18BrN5O3S2/c1-12-10-13(2)26(24-12)18-11-19(23-14(3)22-18)29-16-6-4-15(5-7-16)25-31(27,28)20-9-8-17(21)30-20/h4-11,25H,1-3H3. The number of benzene rings is 1. The van der Waals surface area contributed by atoms with Crippen molar-refractivity contribution in [3.8, 4) is 17.4 Å². The Kier molecular flexibility index (Phi) is 5.82. The Morgan fingerprint density at radius 1 is 1.03 bits per heavy atom. The maximum absolute atomic E-state index is 12.5. The molecular formula is C20H18BrN5O3S2. The van der Waals surface area contributed by atoms with Crippen molar-refractivity contribution in [1.29, 1.82) is 0 Å². The molecule has 0 aliphatic heterocycles. The quantitative estimate of drug-likeness (QED) is 0.384. The van der Waals surface area contributed by atoms with Gasteiger partial charge < -0.3 is 4.74 Å². The summed E-state index contributed by atoms with van der Waals surface area (Å²) in [5.74, 6) is 2.04. The number of hydrogen-bond donors (Lipinski definition) is 1. The Balaban J connectivity index is 1.52. The number of nitrogens with zero attached hydrogens (tertiary/aromatic N) is 4. The second-order valence-corrected chi connectivity index (χ2v) is 11.1. The molecule has 3 heterocycles. The largest absolute Gasteiger partial charge is 0.439 e. The Bertz CT molecular complexity index is 1350. The summed E-state index contributed by atoms with van der Waals surface area (Å²) in [6, 6.07) is 13.5. The van der Waals surface area contributed by atoms with Crippen molar-refractivity contribution in [1.82, 2.24) is 19.7 Å². The molecule has 4 rings (SSSR count). The van der Waals surface area contributed by atoms with Crippen LogP contribution in [0.15, 0.2) is 56.5 Å². The summed E-state index contributed by atoms with van der Waals surface area (Å²) in [6.45, 7) is 5.65. The molecule has 0 amide bonds. The van der Waals surface area contributed by atoms with E-state index in [1.54, 1.807) is 54.1 Å². The molecule has 3 aromatic heterocycles. The molecule has 0 fully saturated rings. The maximum atomic E-state index is 12.5. The lowest BCUT2D eigenvalue weighted by Gasteiger charge is -2.10. The van der Waals surface area contributed by atoms with Crippen LogP contribution in [0.25, 0.3) is 5.82 Å². The van der Waals surface area contributed by atoms with Gasteiger partial charge in [-0.15, -0.1) is 11.3 Å². The minimum absolute atomic E-state index is 0.229. The number of sulfonamides is 1. The van der Waals surface area contributed by atoms with E-state index in [1.165, 1.54) is 0 Å². The zero-order valence-corrected chi connectivity index (χ0v) is 20.0. The first-order valence-electron chi connectivity index (χ1n) is 9.15. The van der Waals surface area contributed by atoms with Crippen LogP contribution >= 0.6 is 27.3 Å². The van der Waals surface area contributed by atoms with Gasteiger partial charge in [0, 0.05) is 17.4 Å². The highest BCUT2D eigenvalue weighted by molar-refractivity contribution is 9.11. The van der Waals surface area contributed by atoms with Gasteiger partial charge in [-0.2, -0.15) is 10.1 Å². The van der Waals surface area contributed by atoms with Gasteiger partial charge in [0.25, 0.3) is 10.0 Å². The first-order valence-corrected chi connectivity index (χ1v) is 12.2. The summed E-state index contributed by atoms with van der Waals surface area (Å²) in [6.07, 6.45) is 0. The van der Waals surface area contributed by atoms with E-state index in [0.717, 1.165) is 26.5 Å². The smallest absolute Gasteiger partial charge is 0.271 e. The van der Waals surface area contributed by atoms with Crippen LogP contribution in [0.1, 0.15) is 17.2 Å². The van der Waals surface area contributed by atoms with Crippen LogP contribution in [0.2, 0.25) is 0 Å². The summed E-state index contributed by atoms with van der Waals surface area (Å²) < 4.78 is 36.0. The third kappa shape index (κ3) is 4.94. The second-order valence-electron chi connectivity index (χ2n) is 6.74. The number of anilines is 1. The summed E-state index contributed by atoms with van der Waals surface area (Å²) in [4.78, 5) is 8.76. The predicted octanol–water partition coefficient (Wildman–Crippen LogP) is 5.00. The molecule has 0 radical (unpaired) electrons. The van der Waals surface area contributed by atoms with E-state index in [-0.39, 0.29) is 4.21 Å². The lowest BCUT2D eigenvalue weighted by Crippen LogP contribution is -2.11. The molecule has 0 aliphatic carbocycles. The van der Waals surface area contributed by atoms with Gasteiger partial charge >= 0.3 is 0 Å². The molecule has 0 spiro atoms. The summed E-state index contributed by atoms with van der Waals surface area (Å²) in [5, 5.41) is 4.45. The summed E-state index contributed by atoms with van der Waals surface area (Å²) in [5.41, 5.74) is 2.28. The molecule has 1 aromatic carbocycles.